The van der Waals surface area contributed by atoms with E-state index in [0.717, 1.165) is 0 Å². The van der Waals surface area contributed by atoms with Crippen LogP contribution in [0.5, 0.6) is 0 Å². The highest BCUT2D eigenvalue weighted by molar-refractivity contribution is 5.86. The van der Waals surface area contributed by atoms with Crippen LogP contribution >= 0.6 is 0 Å². The van der Waals surface area contributed by atoms with Crippen molar-refractivity contribution in [3.8, 4) is 11.1 Å². The topological polar surface area (TPSA) is 52.5 Å². The zero-order chi connectivity index (χ0) is 29.3. The number of aromatic amines is 1. The number of anilines is 1. The first kappa shape index (κ1) is 9.46. The summed E-state index contributed by atoms with van der Waals surface area (Å²) in [5.74, 6) is -0.595. The van der Waals surface area contributed by atoms with Crippen molar-refractivity contribution in [2.45, 2.75) is 6.50 Å². The van der Waals surface area contributed by atoms with Gasteiger partial charge < -0.3 is 9.32 Å². The van der Waals surface area contributed by atoms with Crippen molar-refractivity contribution in [3.63, 3.8) is 0 Å². The van der Waals surface area contributed by atoms with Crippen LogP contribution in [0.25, 0.3) is 22.2 Å². The summed E-state index contributed by atoms with van der Waals surface area (Å²) < 4.78 is 97.5. The van der Waals surface area contributed by atoms with E-state index in [-0.39, 0.29) is 13.1 Å². The molecule has 1 saturated heterocycles. The summed E-state index contributed by atoms with van der Waals surface area (Å²) in [7, 11) is 0. The molecule has 1 aliphatic heterocycles. The number of benzene rings is 3. The van der Waals surface area contributed by atoms with E-state index >= 15 is 0 Å². The molecule has 0 atom stereocenters. The average Bonchev–Trinajstić information content (AvgIpc) is 3.31. The second-order valence-electron chi connectivity index (χ2n) is 6.50. The largest absolute Gasteiger partial charge is 0.417 e. The van der Waals surface area contributed by atoms with Gasteiger partial charge in [-0.2, -0.15) is 0 Å². The molecule has 0 aliphatic carbocycles. The van der Waals surface area contributed by atoms with Gasteiger partial charge in [-0.25, -0.2) is 4.79 Å². The van der Waals surface area contributed by atoms with Gasteiger partial charge >= 0.3 is 5.76 Å². The van der Waals surface area contributed by atoms with Gasteiger partial charge in [-0.1, -0.05) is 54.4 Å². The third kappa shape index (κ3) is 3.69. The molecule has 0 spiro atoms. The number of rotatable bonds is 4. The van der Waals surface area contributed by atoms with E-state index in [1.165, 1.54) is 4.90 Å². The molecule has 5 nitrogen and oxygen atoms in total. The van der Waals surface area contributed by atoms with E-state index in [1.54, 1.807) is 18.2 Å². The Morgan fingerprint density at radius 2 is 1.79 bits per heavy atom. The lowest BCUT2D eigenvalue weighted by molar-refractivity contribution is 0.250. The summed E-state index contributed by atoms with van der Waals surface area (Å²) in [6.07, 6.45) is 0. The zero-order valence-corrected chi connectivity index (χ0v) is 15.3. The van der Waals surface area contributed by atoms with Gasteiger partial charge in [0.15, 0.2) is 5.58 Å². The first-order chi connectivity index (χ1) is 18.8. The summed E-state index contributed by atoms with van der Waals surface area (Å²) in [4.78, 5) is 17.6. The van der Waals surface area contributed by atoms with Crippen molar-refractivity contribution in [1.82, 2.24) is 9.88 Å². The highest BCUT2D eigenvalue weighted by Gasteiger charge is 2.20. The van der Waals surface area contributed by atoms with Crippen molar-refractivity contribution in [2.75, 3.05) is 31.1 Å². The minimum Gasteiger partial charge on any atom is -0.406 e. The second kappa shape index (κ2) is 7.60. The molecular weight excluding hydrogens is 362 g/mol. The zero-order valence-electron chi connectivity index (χ0n) is 26.3. The molecular formula is C24H23N3O2. The van der Waals surface area contributed by atoms with Crippen LogP contribution < -0.4 is 10.7 Å². The Morgan fingerprint density at radius 1 is 1.00 bits per heavy atom. The van der Waals surface area contributed by atoms with Crippen LogP contribution in [0.3, 0.4) is 0 Å². The van der Waals surface area contributed by atoms with Gasteiger partial charge in [0.25, 0.3) is 0 Å². The SMILES string of the molecule is [2H]c1c([2H])c([2H])c(-c2c([2H])c([2H])c([2H])c(C([2H])([2H])N3CCN(c4cccc5[nH]c(=O)oc45)CC3)c2[2H])c([2H])c1[2H]. The third-order valence-corrected chi connectivity index (χ3v) is 4.69. The minimum absolute atomic E-state index is 0.122. The highest BCUT2D eigenvalue weighted by atomic mass is 16.4. The maximum Gasteiger partial charge on any atom is 0.417 e. The lowest BCUT2D eigenvalue weighted by Gasteiger charge is -2.36. The second-order valence-corrected chi connectivity index (χ2v) is 6.50. The molecule has 146 valence electrons. The smallest absolute Gasteiger partial charge is 0.406 e. The molecule has 0 amide bonds. The number of hydrogen-bond acceptors (Lipinski definition) is 4. The number of nitrogens with zero attached hydrogens (tertiary/aromatic N) is 2. The third-order valence-electron chi connectivity index (χ3n) is 4.69. The molecule has 0 radical (unpaired) electrons. The van der Waals surface area contributed by atoms with Crippen LogP contribution in [0.15, 0.2) is 81.8 Å². The predicted molar refractivity (Wildman–Crippen MR) is 116 cm³/mol. The fourth-order valence-corrected chi connectivity index (χ4v) is 3.32. The van der Waals surface area contributed by atoms with Gasteiger partial charge in [-0.05, 0) is 34.9 Å². The Morgan fingerprint density at radius 3 is 2.62 bits per heavy atom. The Balaban J connectivity index is 1.56. The van der Waals surface area contributed by atoms with E-state index in [4.69, 9.17) is 19.5 Å². The maximum atomic E-state index is 11.7. The average molecular weight is 397 g/mol. The molecule has 5 rings (SSSR count). The first-order valence-electron chi connectivity index (χ1n) is 14.6. The van der Waals surface area contributed by atoms with Crippen molar-refractivity contribution >= 4 is 16.8 Å². The predicted octanol–water partition coefficient (Wildman–Crippen LogP) is 4.11. The van der Waals surface area contributed by atoms with Crippen LogP contribution in [0, 0.1) is 0 Å². The highest BCUT2D eigenvalue weighted by Crippen LogP contribution is 2.26. The van der Waals surface area contributed by atoms with Crippen molar-refractivity contribution in [1.29, 1.82) is 0 Å². The van der Waals surface area contributed by atoms with E-state index in [0.29, 0.717) is 29.9 Å². The molecule has 5 heteroatoms. The van der Waals surface area contributed by atoms with E-state index in [2.05, 4.69) is 4.98 Å². The number of aromatic nitrogens is 1. The van der Waals surface area contributed by atoms with Gasteiger partial charge in [-0.15, -0.1) is 0 Å². The minimum atomic E-state index is -2.47. The van der Waals surface area contributed by atoms with Crippen LogP contribution in [-0.2, 0) is 6.50 Å². The van der Waals surface area contributed by atoms with E-state index in [9.17, 15) is 4.79 Å². The molecule has 1 N–H and O–H groups in total. The van der Waals surface area contributed by atoms with Crippen molar-refractivity contribution in [3.05, 3.63) is 88.7 Å². The molecule has 1 fully saturated rings. The Kier molecular flexibility index (Phi) is 2.48. The number of nitrogens with one attached hydrogen (secondary N) is 1. The molecule has 0 saturated carbocycles. The van der Waals surface area contributed by atoms with Crippen LogP contribution in [0.2, 0.25) is 0 Å². The summed E-state index contributed by atoms with van der Waals surface area (Å²) in [6, 6.07) is -0.960. The first-order valence-corrected chi connectivity index (χ1v) is 9.07. The van der Waals surface area contributed by atoms with E-state index < -0.39 is 83.3 Å². The van der Waals surface area contributed by atoms with Crippen LogP contribution in [0.4, 0.5) is 5.69 Å². The molecule has 2 heterocycles. The Bertz CT molecular complexity index is 1700. The van der Waals surface area contributed by atoms with Crippen molar-refractivity contribution in [2.24, 2.45) is 0 Å². The quantitative estimate of drug-likeness (QED) is 0.564. The van der Waals surface area contributed by atoms with Crippen LogP contribution in [-0.4, -0.2) is 36.1 Å². The molecule has 4 aromatic rings. The maximum absolute atomic E-state index is 11.7. The number of fused-ring (bicyclic) bond motifs is 1. The fourth-order valence-electron chi connectivity index (χ4n) is 3.32. The Labute approximate surface area is 184 Å². The molecule has 29 heavy (non-hydrogen) atoms. The normalized spacial score (nSPS) is 21.0. The van der Waals surface area contributed by atoms with Crippen LogP contribution in [0.1, 0.15) is 20.6 Å². The number of piperazine rings is 1. The number of oxazole rings is 1. The number of hydrogen-bond donors (Lipinski definition) is 1. The molecule has 1 aliphatic rings. The van der Waals surface area contributed by atoms with Gasteiger partial charge in [-0.3, -0.25) is 9.88 Å². The van der Waals surface area contributed by atoms with Crippen molar-refractivity contribution < 1.29 is 19.5 Å². The number of para-hydroxylation sites is 1. The van der Waals surface area contributed by atoms with Gasteiger partial charge in [0.1, 0.15) is 0 Å². The molecule has 0 unspecified atom stereocenters. The number of H-pyrrole nitrogens is 1. The van der Waals surface area contributed by atoms with Gasteiger partial charge in [0, 0.05) is 35.4 Å². The lowest BCUT2D eigenvalue weighted by Crippen LogP contribution is -2.46. The summed E-state index contributed by atoms with van der Waals surface area (Å²) in [5, 5.41) is 0. The lowest BCUT2D eigenvalue weighted by atomic mass is 10.0. The van der Waals surface area contributed by atoms with Gasteiger partial charge in [0.2, 0.25) is 0 Å². The molecule has 3 aromatic carbocycles. The standard InChI is InChI=1S/C24H23N3O2/c28-24-25-21-10-5-11-22(23(21)29-24)27-14-12-26(13-15-27)17-18-6-4-9-20(16-18)19-7-2-1-3-8-19/h1-11,16H,12-15,17H2,(H,25,28)/i1D,2D,3D,4D,6D,7D,8D,9D,16D,17D2. The van der Waals surface area contributed by atoms with E-state index in [1.807, 2.05) is 4.90 Å². The Hall–Kier alpha value is -3.31. The monoisotopic (exact) mass is 396 g/mol. The van der Waals surface area contributed by atoms with Gasteiger partial charge in [0.05, 0.1) is 23.5 Å². The summed E-state index contributed by atoms with van der Waals surface area (Å²) in [6.45, 7) is -1.63. The molecule has 1 aromatic heterocycles. The summed E-state index contributed by atoms with van der Waals surface area (Å²) in [5.41, 5.74) is 0.0362. The molecule has 0 bridgehead atoms. The fraction of sp³-hybridized carbons (Fsp3) is 0.208. The summed E-state index contributed by atoms with van der Waals surface area (Å²) >= 11 is 0.